The molecular formula is C10H13ClO2S. The fourth-order valence-electron chi connectivity index (χ4n) is 1.74. The third-order valence-electron chi connectivity index (χ3n) is 2.50. The first kappa shape index (κ1) is 10.4. The van der Waals surface area contributed by atoms with E-state index in [2.05, 4.69) is 0 Å². The number of hydrogen-bond acceptors (Lipinski definition) is 3. The van der Waals surface area contributed by atoms with Gasteiger partial charge in [0.2, 0.25) is 0 Å². The molecule has 0 radical (unpaired) electrons. The Hall–Kier alpha value is -0.0900. The van der Waals surface area contributed by atoms with E-state index in [9.17, 15) is 5.11 Å². The van der Waals surface area contributed by atoms with Crippen LogP contribution in [0.15, 0.2) is 12.1 Å². The van der Waals surface area contributed by atoms with Gasteiger partial charge >= 0.3 is 0 Å². The summed E-state index contributed by atoms with van der Waals surface area (Å²) in [5.41, 5.74) is 0. The van der Waals surface area contributed by atoms with Crippen molar-refractivity contribution >= 4 is 22.9 Å². The van der Waals surface area contributed by atoms with Gasteiger partial charge in [0.1, 0.15) is 6.10 Å². The zero-order valence-corrected chi connectivity index (χ0v) is 9.52. The van der Waals surface area contributed by atoms with Gasteiger partial charge in [0.25, 0.3) is 0 Å². The van der Waals surface area contributed by atoms with Gasteiger partial charge in [-0.2, -0.15) is 0 Å². The molecule has 0 bridgehead atoms. The van der Waals surface area contributed by atoms with Gasteiger partial charge in [-0.05, 0) is 31.9 Å². The predicted molar refractivity (Wildman–Crippen MR) is 57.9 cm³/mol. The molecule has 1 saturated heterocycles. The monoisotopic (exact) mass is 232 g/mol. The van der Waals surface area contributed by atoms with Gasteiger partial charge in [0.05, 0.1) is 16.5 Å². The highest BCUT2D eigenvalue weighted by atomic mass is 35.5. The second kappa shape index (κ2) is 4.19. The molecule has 2 heterocycles. The quantitative estimate of drug-likeness (QED) is 0.850. The van der Waals surface area contributed by atoms with E-state index in [-0.39, 0.29) is 12.2 Å². The minimum Gasteiger partial charge on any atom is -0.385 e. The van der Waals surface area contributed by atoms with Gasteiger partial charge in [0.15, 0.2) is 0 Å². The molecule has 14 heavy (non-hydrogen) atoms. The van der Waals surface area contributed by atoms with E-state index < -0.39 is 6.10 Å². The summed E-state index contributed by atoms with van der Waals surface area (Å²) in [5.74, 6) is 0. The molecule has 0 amide bonds. The van der Waals surface area contributed by atoms with Crippen LogP contribution in [0.4, 0.5) is 0 Å². The fourth-order valence-corrected chi connectivity index (χ4v) is 2.84. The second-order valence-corrected chi connectivity index (χ2v) is 5.40. The van der Waals surface area contributed by atoms with Crippen LogP contribution in [-0.4, -0.2) is 17.3 Å². The summed E-state index contributed by atoms with van der Waals surface area (Å²) in [4.78, 5) is 0.897. The molecule has 0 aliphatic carbocycles. The largest absolute Gasteiger partial charge is 0.385 e. The Morgan fingerprint density at radius 3 is 2.86 bits per heavy atom. The van der Waals surface area contributed by atoms with Crippen molar-refractivity contribution in [2.24, 2.45) is 0 Å². The highest BCUT2D eigenvalue weighted by Gasteiger charge is 2.29. The molecule has 1 N–H and O–H groups in total. The van der Waals surface area contributed by atoms with Crippen LogP contribution in [0.2, 0.25) is 4.34 Å². The molecule has 1 aromatic heterocycles. The molecule has 3 atom stereocenters. The minimum atomic E-state index is -0.516. The Kier molecular flexibility index (Phi) is 3.12. The van der Waals surface area contributed by atoms with Gasteiger partial charge in [0, 0.05) is 4.88 Å². The van der Waals surface area contributed by atoms with E-state index >= 15 is 0 Å². The third-order valence-corrected chi connectivity index (χ3v) is 3.80. The highest BCUT2D eigenvalue weighted by molar-refractivity contribution is 7.16. The van der Waals surface area contributed by atoms with Gasteiger partial charge in [-0.15, -0.1) is 11.3 Å². The first-order valence-electron chi connectivity index (χ1n) is 4.75. The van der Waals surface area contributed by atoms with Crippen LogP contribution in [0.3, 0.4) is 0 Å². The SMILES string of the molecule is CC1CCC(C(O)c2ccc(Cl)s2)O1. The Morgan fingerprint density at radius 2 is 2.36 bits per heavy atom. The van der Waals surface area contributed by atoms with Crippen LogP contribution < -0.4 is 0 Å². The molecule has 0 saturated carbocycles. The number of rotatable bonds is 2. The van der Waals surface area contributed by atoms with E-state index in [0.29, 0.717) is 4.34 Å². The van der Waals surface area contributed by atoms with E-state index in [0.717, 1.165) is 17.7 Å². The van der Waals surface area contributed by atoms with Gasteiger partial charge in [-0.1, -0.05) is 11.6 Å². The first-order chi connectivity index (χ1) is 6.66. The Balaban J connectivity index is 2.05. The summed E-state index contributed by atoms with van der Waals surface area (Å²) in [5, 5.41) is 9.98. The topological polar surface area (TPSA) is 29.5 Å². The Morgan fingerprint density at radius 1 is 1.57 bits per heavy atom. The lowest BCUT2D eigenvalue weighted by atomic mass is 10.1. The molecule has 3 unspecified atom stereocenters. The average Bonchev–Trinajstić information content (AvgIpc) is 2.73. The van der Waals surface area contributed by atoms with Crippen molar-refractivity contribution in [3.05, 3.63) is 21.3 Å². The predicted octanol–water partition coefficient (Wildman–Crippen LogP) is 3.00. The summed E-state index contributed by atoms with van der Waals surface area (Å²) in [7, 11) is 0. The molecule has 4 heteroatoms. The Bertz CT molecular complexity index is 313. The molecule has 1 aromatic rings. The number of ether oxygens (including phenoxy) is 1. The zero-order chi connectivity index (χ0) is 10.1. The lowest BCUT2D eigenvalue weighted by molar-refractivity contribution is -0.0282. The molecule has 0 aromatic carbocycles. The number of aliphatic hydroxyl groups excluding tert-OH is 1. The number of hydrogen-bond donors (Lipinski definition) is 1. The zero-order valence-electron chi connectivity index (χ0n) is 7.94. The maximum Gasteiger partial charge on any atom is 0.114 e. The second-order valence-electron chi connectivity index (χ2n) is 3.65. The fraction of sp³-hybridized carbons (Fsp3) is 0.600. The summed E-state index contributed by atoms with van der Waals surface area (Å²) in [6, 6.07) is 3.67. The normalized spacial score (nSPS) is 29.4. The van der Waals surface area contributed by atoms with E-state index in [1.807, 2.05) is 19.1 Å². The molecule has 0 spiro atoms. The van der Waals surface area contributed by atoms with Crippen molar-refractivity contribution in [2.75, 3.05) is 0 Å². The van der Waals surface area contributed by atoms with Crippen molar-refractivity contribution in [1.29, 1.82) is 0 Å². The minimum absolute atomic E-state index is 0.0558. The number of thiophene rings is 1. The summed E-state index contributed by atoms with van der Waals surface area (Å²) < 4.78 is 6.31. The summed E-state index contributed by atoms with van der Waals surface area (Å²) in [6.45, 7) is 2.04. The standard InChI is InChI=1S/C10H13ClO2S/c1-6-2-3-7(13-6)10(12)8-4-5-9(11)14-8/h4-7,10,12H,2-3H2,1H3. The van der Waals surface area contributed by atoms with Crippen molar-refractivity contribution in [3.8, 4) is 0 Å². The number of halogens is 1. The van der Waals surface area contributed by atoms with E-state index in [1.165, 1.54) is 11.3 Å². The molecule has 1 aliphatic heterocycles. The van der Waals surface area contributed by atoms with Crippen molar-refractivity contribution in [1.82, 2.24) is 0 Å². The average molecular weight is 233 g/mol. The smallest absolute Gasteiger partial charge is 0.114 e. The third kappa shape index (κ3) is 2.11. The van der Waals surface area contributed by atoms with E-state index in [4.69, 9.17) is 16.3 Å². The van der Waals surface area contributed by atoms with Gasteiger partial charge < -0.3 is 9.84 Å². The Labute approximate surface area is 92.5 Å². The number of aliphatic hydroxyl groups is 1. The molecule has 2 rings (SSSR count). The lowest BCUT2D eigenvalue weighted by Crippen LogP contribution is -2.17. The molecule has 1 aliphatic rings. The van der Waals surface area contributed by atoms with Gasteiger partial charge in [-0.25, -0.2) is 0 Å². The van der Waals surface area contributed by atoms with Gasteiger partial charge in [-0.3, -0.25) is 0 Å². The first-order valence-corrected chi connectivity index (χ1v) is 5.95. The molecule has 2 nitrogen and oxygen atoms in total. The van der Waals surface area contributed by atoms with E-state index in [1.54, 1.807) is 0 Å². The summed E-state index contributed by atoms with van der Waals surface area (Å²) in [6.07, 6.45) is 1.65. The van der Waals surface area contributed by atoms with Crippen LogP contribution in [0, 0.1) is 0 Å². The van der Waals surface area contributed by atoms with Crippen molar-refractivity contribution in [2.45, 2.75) is 38.1 Å². The molecular weight excluding hydrogens is 220 g/mol. The molecule has 1 fully saturated rings. The van der Waals surface area contributed by atoms with Crippen molar-refractivity contribution < 1.29 is 9.84 Å². The van der Waals surface area contributed by atoms with Crippen LogP contribution in [0.25, 0.3) is 0 Å². The molecule has 78 valence electrons. The van der Waals surface area contributed by atoms with Crippen LogP contribution in [0.1, 0.15) is 30.7 Å². The lowest BCUT2D eigenvalue weighted by Gasteiger charge is -2.16. The van der Waals surface area contributed by atoms with Crippen molar-refractivity contribution in [3.63, 3.8) is 0 Å². The maximum absolute atomic E-state index is 9.98. The van der Waals surface area contributed by atoms with Crippen LogP contribution >= 0.6 is 22.9 Å². The highest BCUT2D eigenvalue weighted by Crippen LogP contribution is 2.34. The van der Waals surface area contributed by atoms with Crippen LogP contribution in [0.5, 0.6) is 0 Å². The maximum atomic E-state index is 9.98. The van der Waals surface area contributed by atoms with Crippen LogP contribution in [-0.2, 0) is 4.74 Å². The summed E-state index contributed by atoms with van der Waals surface area (Å²) >= 11 is 7.23.